The lowest BCUT2D eigenvalue weighted by atomic mass is 9.83. The summed E-state index contributed by atoms with van der Waals surface area (Å²) >= 11 is 0. The zero-order valence-electron chi connectivity index (χ0n) is 8.88. The topological polar surface area (TPSA) is 29.5 Å². The number of hydrogen-bond acceptors (Lipinski definition) is 2. The molecule has 0 aromatic heterocycles. The summed E-state index contributed by atoms with van der Waals surface area (Å²) in [6, 6.07) is 0. The van der Waals surface area contributed by atoms with Crippen molar-refractivity contribution in [3.05, 3.63) is 0 Å². The molecule has 0 aromatic rings. The molecule has 0 amide bonds. The van der Waals surface area contributed by atoms with Gasteiger partial charge in [0, 0.05) is 6.61 Å². The van der Waals surface area contributed by atoms with Crippen LogP contribution in [-0.4, -0.2) is 24.4 Å². The summed E-state index contributed by atoms with van der Waals surface area (Å²) < 4.78 is 5.37. The van der Waals surface area contributed by atoms with Gasteiger partial charge in [-0.25, -0.2) is 0 Å². The van der Waals surface area contributed by atoms with Crippen molar-refractivity contribution in [2.45, 2.75) is 52.1 Å². The maximum absolute atomic E-state index is 9.91. The Labute approximate surface area is 81.3 Å². The maximum Gasteiger partial charge on any atom is 0.0827 e. The first-order valence-corrected chi connectivity index (χ1v) is 5.45. The van der Waals surface area contributed by atoms with Crippen molar-refractivity contribution in [1.29, 1.82) is 0 Å². The lowest BCUT2D eigenvalue weighted by Gasteiger charge is -2.29. The van der Waals surface area contributed by atoms with Crippen molar-refractivity contribution < 1.29 is 9.84 Å². The molecule has 0 bridgehead atoms. The number of aliphatic hydroxyl groups is 1. The molecule has 1 fully saturated rings. The molecule has 1 unspecified atom stereocenters. The Balaban J connectivity index is 2.24. The van der Waals surface area contributed by atoms with Crippen LogP contribution in [0.2, 0.25) is 0 Å². The van der Waals surface area contributed by atoms with Crippen LogP contribution in [0.3, 0.4) is 0 Å². The van der Waals surface area contributed by atoms with Crippen LogP contribution < -0.4 is 0 Å². The Morgan fingerprint density at radius 3 is 2.54 bits per heavy atom. The summed E-state index contributed by atoms with van der Waals surface area (Å²) in [7, 11) is 0. The first-order valence-electron chi connectivity index (χ1n) is 5.45. The van der Waals surface area contributed by atoms with Crippen LogP contribution in [-0.2, 0) is 4.74 Å². The minimum Gasteiger partial charge on any atom is -0.390 e. The van der Waals surface area contributed by atoms with Gasteiger partial charge in [-0.15, -0.1) is 0 Å². The molecular weight excluding hydrogens is 164 g/mol. The molecule has 0 saturated heterocycles. The molecule has 1 rings (SSSR count). The Morgan fingerprint density at radius 2 is 2.00 bits per heavy atom. The summed E-state index contributed by atoms with van der Waals surface area (Å²) in [6.07, 6.45) is 5.61. The molecule has 1 atom stereocenters. The quantitative estimate of drug-likeness (QED) is 0.668. The molecular formula is C11H22O2. The molecule has 1 saturated carbocycles. The van der Waals surface area contributed by atoms with Crippen molar-refractivity contribution in [3.63, 3.8) is 0 Å². The van der Waals surface area contributed by atoms with E-state index in [9.17, 15) is 5.11 Å². The normalized spacial score (nSPS) is 23.3. The van der Waals surface area contributed by atoms with Gasteiger partial charge in [-0.05, 0) is 24.7 Å². The van der Waals surface area contributed by atoms with E-state index in [0.717, 1.165) is 25.9 Å². The van der Waals surface area contributed by atoms with Gasteiger partial charge in [0.15, 0.2) is 0 Å². The molecule has 1 aliphatic carbocycles. The molecule has 0 radical (unpaired) electrons. The molecule has 0 heterocycles. The molecule has 0 aliphatic heterocycles. The summed E-state index contributed by atoms with van der Waals surface area (Å²) in [5.74, 6) is 0. The van der Waals surface area contributed by atoms with Crippen molar-refractivity contribution in [2.24, 2.45) is 5.41 Å². The van der Waals surface area contributed by atoms with Gasteiger partial charge in [-0.1, -0.05) is 26.7 Å². The van der Waals surface area contributed by atoms with E-state index in [1.807, 2.05) is 0 Å². The van der Waals surface area contributed by atoms with Gasteiger partial charge in [0.2, 0.25) is 0 Å². The molecule has 78 valence electrons. The van der Waals surface area contributed by atoms with Crippen molar-refractivity contribution in [2.75, 3.05) is 13.2 Å². The van der Waals surface area contributed by atoms with Crippen LogP contribution >= 0.6 is 0 Å². The standard InChI is InChI=1S/C11H22O2/c1-3-8-13-9-10(12)11(2)6-4-5-7-11/h10,12H,3-9H2,1-2H3. The third-order valence-corrected chi connectivity index (χ3v) is 3.17. The average Bonchev–Trinajstić information content (AvgIpc) is 2.54. The van der Waals surface area contributed by atoms with E-state index in [-0.39, 0.29) is 11.5 Å². The monoisotopic (exact) mass is 186 g/mol. The first-order chi connectivity index (χ1) is 6.19. The van der Waals surface area contributed by atoms with Crippen LogP contribution in [0.1, 0.15) is 46.0 Å². The fraction of sp³-hybridized carbons (Fsp3) is 1.00. The molecule has 1 aliphatic rings. The second kappa shape index (κ2) is 4.97. The predicted molar refractivity (Wildman–Crippen MR) is 53.7 cm³/mol. The highest BCUT2D eigenvalue weighted by Gasteiger charge is 2.35. The highest BCUT2D eigenvalue weighted by molar-refractivity contribution is 4.86. The Hall–Kier alpha value is -0.0800. The Bertz CT molecular complexity index is 139. The van der Waals surface area contributed by atoms with Gasteiger partial charge in [-0.3, -0.25) is 0 Å². The zero-order valence-corrected chi connectivity index (χ0v) is 8.88. The van der Waals surface area contributed by atoms with E-state index in [0.29, 0.717) is 6.61 Å². The van der Waals surface area contributed by atoms with E-state index in [4.69, 9.17) is 4.74 Å². The smallest absolute Gasteiger partial charge is 0.0827 e. The molecule has 0 spiro atoms. The number of aliphatic hydroxyl groups excluding tert-OH is 1. The van der Waals surface area contributed by atoms with Gasteiger partial charge in [0.1, 0.15) is 0 Å². The van der Waals surface area contributed by atoms with E-state index in [1.165, 1.54) is 12.8 Å². The third kappa shape index (κ3) is 2.96. The minimum absolute atomic E-state index is 0.133. The predicted octanol–water partition coefficient (Wildman–Crippen LogP) is 2.35. The van der Waals surface area contributed by atoms with E-state index < -0.39 is 0 Å². The molecule has 0 aromatic carbocycles. The fourth-order valence-corrected chi connectivity index (χ4v) is 2.06. The second-order valence-electron chi connectivity index (χ2n) is 4.45. The molecule has 1 N–H and O–H groups in total. The summed E-state index contributed by atoms with van der Waals surface area (Å²) in [6.45, 7) is 5.56. The number of rotatable bonds is 5. The van der Waals surface area contributed by atoms with E-state index in [2.05, 4.69) is 13.8 Å². The second-order valence-corrected chi connectivity index (χ2v) is 4.45. The number of ether oxygens (including phenoxy) is 1. The van der Waals surface area contributed by atoms with Crippen LogP contribution in [0.5, 0.6) is 0 Å². The van der Waals surface area contributed by atoms with Crippen molar-refractivity contribution >= 4 is 0 Å². The average molecular weight is 186 g/mol. The fourth-order valence-electron chi connectivity index (χ4n) is 2.06. The van der Waals surface area contributed by atoms with Crippen LogP contribution in [0.4, 0.5) is 0 Å². The zero-order chi connectivity index (χ0) is 9.73. The van der Waals surface area contributed by atoms with Gasteiger partial charge >= 0.3 is 0 Å². The molecule has 2 nitrogen and oxygen atoms in total. The van der Waals surface area contributed by atoms with E-state index >= 15 is 0 Å². The van der Waals surface area contributed by atoms with Crippen LogP contribution in [0, 0.1) is 5.41 Å². The van der Waals surface area contributed by atoms with Crippen LogP contribution in [0.15, 0.2) is 0 Å². The lowest BCUT2D eigenvalue weighted by Crippen LogP contribution is -2.33. The van der Waals surface area contributed by atoms with Crippen molar-refractivity contribution in [1.82, 2.24) is 0 Å². The van der Waals surface area contributed by atoms with Gasteiger partial charge in [0.25, 0.3) is 0 Å². The molecule has 2 heteroatoms. The van der Waals surface area contributed by atoms with E-state index in [1.54, 1.807) is 0 Å². The van der Waals surface area contributed by atoms with Crippen molar-refractivity contribution in [3.8, 4) is 0 Å². The number of hydrogen-bond donors (Lipinski definition) is 1. The minimum atomic E-state index is -0.262. The SMILES string of the molecule is CCCOCC(O)C1(C)CCCC1. The third-order valence-electron chi connectivity index (χ3n) is 3.17. The Kier molecular flexibility index (Phi) is 4.20. The van der Waals surface area contributed by atoms with Gasteiger partial charge in [0.05, 0.1) is 12.7 Å². The molecule has 13 heavy (non-hydrogen) atoms. The summed E-state index contributed by atoms with van der Waals surface area (Å²) in [5.41, 5.74) is 0.133. The van der Waals surface area contributed by atoms with Gasteiger partial charge < -0.3 is 9.84 Å². The highest BCUT2D eigenvalue weighted by Crippen LogP contribution is 2.40. The summed E-state index contributed by atoms with van der Waals surface area (Å²) in [5, 5.41) is 9.91. The van der Waals surface area contributed by atoms with Gasteiger partial charge in [-0.2, -0.15) is 0 Å². The first kappa shape index (κ1) is 11.0. The highest BCUT2D eigenvalue weighted by atomic mass is 16.5. The maximum atomic E-state index is 9.91. The summed E-state index contributed by atoms with van der Waals surface area (Å²) in [4.78, 5) is 0. The Morgan fingerprint density at radius 1 is 1.38 bits per heavy atom. The largest absolute Gasteiger partial charge is 0.390 e. The van der Waals surface area contributed by atoms with Crippen LogP contribution in [0.25, 0.3) is 0 Å². The lowest BCUT2D eigenvalue weighted by molar-refractivity contribution is -0.0320.